The number of rotatable bonds is 4. The fraction of sp³-hybridized carbons (Fsp3) is 0.111. The molecule has 1 aromatic heterocycles. The minimum atomic E-state index is -0.947. The van der Waals surface area contributed by atoms with E-state index in [1.165, 1.54) is 4.90 Å². The zero-order valence-electron chi connectivity index (χ0n) is 18.2. The molecule has 0 unspecified atom stereocenters. The number of carbonyl (C=O) groups excluding carboxylic acids is 2. The van der Waals surface area contributed by atoms with Gasteiger partial charge < -0.3 is 4.42 Å². The lowest BCUT2D eigenvalue weighted by Gasteiger charge is -2.27. The molecule has 8 heteroatoms. The normalized spacial score (nSPS) is 21.6. The molecule has 6 nitrogen and oxygen atoms in total. The van der Waals surface area contributed by atoms with Gasteiger partial charge in [-0.1, -0.05) is 62.2 Å². The summed E-state index contributed by atoms with van der Waals surface area (Å²) in [5.74, 6) is -0.225. The van der Waals surface area contributed by atoms with Crippen LogP contribution in [-0.2, 0) is 14.4 Å². The fourth-order valence-corrected chi connectivity index (χ4v) is 5.16. The molecular formula is C27H18Br2N2O4. The molecule has 4 aromatic rings. The molecule has 0 radical (unpaired) electrons. The monoisotopic (exact) mass is 592 g/mol. The predicted molar refractivity (Wildman–Crippen MR) is 139 cm³/mol. The highest BCUT2D eigenvalue weighted by molar-refractivity contribution is 9.10. The Balaban J connectivity index is 1.41. The zero-order valence-corrected chi connectivity index (χ0v) is 21.3. The van der Waals surface area contributed by atoms with Gasteiger partial charge in [0, 0.05) is 14.5 Å². The van der Waals surface area contributed by atoms with Crippen molar-refractivity contribution in [2.24, 2.45) is 5.92 Å². The van der Waals surface area contributed by atoms with Gasteiger partial charge in [0.15, 0.2) is 6.10 Å². The number of furan rings is 1. The number of nitrogens with zero attached hydrogens (tertiary/aromatic N) is 2. The predicted octanol–water partition coefficient (Wildman–Crippen LogP) is 6.52. The number of halogens is 2. The number of imide groups is 1. The molecule has 0 bridgehead atoms. The molecule has 3 heterocycles. The molecule has 0 aliphatic carbocycles. The molecule has 0 spiro atoms. The highest BCUT2D eigenvalue weighted by Gasteiger charge is 2.61. The summed E-state index contributed by atoms with van der Waals surface area (Å²) in [6.45, 7) is 0. The maximum atomic E-state index is 13.7. The number of benzene rings is 3. The van der Waals surface area contributed by atoms with Crippen LogP contribution in [0.3, 0.4) is 0 Å². The van der Waals surface area contributed by atoms with E-state index < -0.39 is 18.1 Å². The molecule has 6 rings (SSSR count). The van der Waals surface area contributed by atoms with Crippen LogP contribution < -0.4 is 9.96 Å². The van der Waals surface area contributed by atoms with Gasteiger partial charge in [0.25, 0.3) is 5.91 Å². The van der Waals surface area contributed by atoms with E-state index in [2.05, 4.69) is 31.9 Å². The third-order valence-corrected chi connectivity index (χ3v) is 7.32. The molecule has 174 valence electrons. The van der Waals surface area contributed by atoms with E-state index in [1.807, 2.05) is 66.7 Å². The van der Waals surface area contributed by atoms with Crippen molar-refractivity contribution in [1.29, 1.82) is 0 Å². The Bertz CT molecular complexity index is 1400. The molecule has 0 N–H and O–H groups in total. The Hall–Kier alpha value is -3.20. The second kappa shape index (κ2) is 8.78. The molecule has 35 heavy (non-hydrogen) atoms. The average molecular weight is 594 g/mol. The van der Waals surface area contributed by atoms with Crippen molar-refractivity contribution in [3.63, 3.8) is 0 Å². The Kier molecular flexibility index (Phi) is 5.59. The van der Waals surface area contributed by atoms with E-state index in [4.69, 9.17) is 9.25 Å². The summed E-state index contributed by atoms with van der Waals surface area (Å²) in [4.78, 5) is 34.5. The van der Waals surface area contributed by atoms with Gasteiger partial charge in [-0.05, 0) is 60.7 Å². The molecule has 3 atom stereocenters. The molecule has 3 aromatic carbocycles. The quantitative estimate of drug-likeness (QED) is 0.252. The first-order chi connectivity index (χ1) is 17.0. The van der Waals surface area contributed by atoms with Crippen LogP contribution in [-0.4, -0.2) is 17.9 Å². The molecule has 2 aliphatic rings. The largest absolute Gasteiger partial charge is 0.459 e. The van der Waals surface area contributed by atoms with Crippen molar-refractivity contribution in [1.82, 2.24) is 0 Å². The maximum absolute atomic E-state index is 13.7. The van der Waals surface area contributed by atoms with E-state index in [0.717, 1.165) is 20.2 Å². The van der Waals surface area contributed by atoms with Gasteiger partial charge >= 0.3 is 0 Å². The van der Waals surface area contributed by atoms with Crippen molar-refractivity contribution >= 4 is 55.0 Å². The average Bonchev–Trinajstić information content (AvgIpc) is 3.56. The standard InChI is InChI=1S/C27H18Br2N2O4/c28-17-8-6-16(7-9-17)21-14-15-22(34-21)24-23-25(35-31(24)20-4-2-1-3-5-20)27(33)30(26(23)32)19-12-10-18(29)11-13-19/h1-15,23-25H/t23-,24+,25+/m0/s1. The number of anilines is 2. The number of para-hydroxylation sites is 1. The number of hydroxylamine groups is 1. The summed E-state index contributed by atoms with van der Waals surface area (Å²) in [6, 6.07) is 27.4. The lowest BCUT2D eigenvalue weighted by molar-refractivity contribution is -0.126. The van der Waals surface area contributed by atoms with Gasteiger partial charge in [0.1, 0.15) is 23.5 Å². The minimum absolute atomic E-state index is 0.313. The van der Waals surface area contributed by atoms with Crippen LogP contribution in [0.4, 0.5) is 11.4 Å². The van der Waals surface area contributed by atoms with Gasteiger partial charge in [-0.25, -0.2) is 9.96 Å². The van der Waals surface area contributed by atoms with Crippen LogP contribution in [0.1, 0.15) is 11.8 Å². The van der Waals surface area contributed by atoms with E-state index in [9.17, 15) is 9.59 Å². The first-order valence-electron chi connectivity index (χ1n) is 11.0. The van der Waals surface area contributed by atoms with E-state index in [-0.39, 0.29) is 11.8 Å². The molecular weight excluding hydrogens is 576 g/mol. The highest BCUT2D eigenvalue weighted by atomic mass is 79.9. The van der Waals surface area contributed by atoms with Gasteiger partial charge in [-0.15, -0.1) is 0 Å². The summed E-state index contributed by atoms with van der Waals surface area (Å²) in [5, 5.41) is 1.63. The first kappa shape index (κ1) is 22.3. The first-order valence-corrected chi connectivity index (χ1v) is 12.6. The molecule has 2 aliphatic heterocycles. The van der Waals surface area contributed by atoms with Gasteiger partial charge in [-0.2, -0.15) is 0 Å². The number of carbonyl (C=O) groups is 2. The van der Waals surface area contributed by atoms with Crippen molar-refractivity contribution in [3.8, 4) is 11.3 Å². The van der Waals surface area contributed by atoms with E-state index in [0.29, 0.717) is 17.2 Å². The van der Waals surface area contributed by atoms with E-state index >= 15 is 0 Å². The topological polar surface area (TPSA) is 63.0 Å². The molecule has 2 amide bonds. The number of fused-ring (bicyclic) bond motifs is 1. The lowest BCUT2D eigenvalue weighted by atomic mass is 9.94. The van der Waals surface area contributed by atoms with Gasteiger partial charge in [0.05, 0.1) is 11.4 Å². The Morgan fingerprint density at radius 3 is 2.03 bits per heavy atom. The van der Waals surface area contributed by atoms with Crippen LogP contribution in [0.5, 0.6) is 0 Å². The van der Waals surface area contributed by atoms with Crippen LogP contribution >= 0.6 is 31.9 Å². The van der Waals surface area contributed by atoms with E-state index in [1.54, 1.807) is 29.3 Å². The summed E-state index contributed by atoms with van der Waals surface area (Å²) in [6.07, 6.45) is -0.947. The third-order valence-electron chi connectivity index (χ3n) is 6.26. The molecule has 0 saturated carbocycles. The molecule has 2 saturated heterocycles. The van der Waals surface area contributed by atoms with Gasteiger partial charge in [0.2, 0.25) is 5.91 Å². The summed E-state index contributed by atoms with van der Waals surface area (Å²) in [7, 11) is 0. The van der Waals surface area contributed by atoms with Crippen LogP contribution in [0.25, 0.3) is 11.3 Å². The van der Waals surface area contributed by atoms with Crippen molar-refractivity contribution in [2.45, 2.75) is 12.1 Å². The van der Waals surface area contributed by atoms with Crippen molar-refractivity contribution in [3.05, 3.63) is 106 Å². The maximum Gasteiger partial charge on any atom is 0.266 e. The second-order valence-corrected chi connectivity index (χ2v) is 10.2. The highest BCUT2D eigenvalue weighted by Crippen LogP contribution is 2.48. The van der Waals surface area contributed by atoms with Crippen molar-refractivity contribution in [2.75, 3.05) is 9.96 Å². The SMILES string of the molecule is O=C1[C@H]2[C@@H](c3ccc(-c4ccc(Br)cc4)o3)N(c3ccccc3)O[C@H]2C(=O)N1c1ccc(Br)cc1. The Morgan fingerprint density at radius 2 is 1.34 bits per heavy atom. The summed E-state index contributed by atoms with van der Waals surface area (Å²) in [5.41, 5.74) is 2.16. The lowest BCUT2D eigenvalue weighted by Crippen LogP contribution is -2.37. The van der Waals surface area contributed by atoms with Gasteiger partial charge in [-0.3, -0.25) is 14.4 Å². The fourth-order valence-electron chi connectivity index (χ4n) is 4.63. The van der Waals surface area contributed by atoms with Crippen LogP contribution in [0.2, 0.25) is 0 Å². The Morgan fingerprint density at radius 1 is 0.686 bits per heavy atom. The Labute approximate surface area is 218 Å². The number of hydrogen-bond acceptors (Lipinski definition) is 5. The van der Waals surface area contributed by atoms with Crippen LogP contribution in [0.15, 0.2) is 104 Å². The number of hydrogen-bond donors (Lipinski definition) is 0. The second-order valence-electron chi connectivity index (χ2n) is 8.36. The number of amides is 2. The zero-order chi connectivity index (χ0) is 24.1. The van der Waals surface area contributed by atoms with Crippen LogP contribution in [0, 0.1) is 5.92 Å². The third kappa shape index (κ3) is 3.82. The summed E-state index contributed by atoms with van der Waals surface area (Å²) < 4.78 is 8.10. The minimum Gasteiger partial charge on any atom is -0.459 e. The molecule has 2 fully saturated rings. The smallest absolute Gasteiger partial charge is 0.266 e. The summed E-state index contributed by atoms with van der Waals surface area (Å²) >= 11 is 6.85. The van der Waals surface area contributed by atoms with Crippen molar-refractivity contribution < 1.29 is 18.8 Å².